The highest BCUT2D eigenvalue weighted by Gasteiger charge is 2.09. The van der Waals surface area contributed by atoms with Gasteiger partial charge in [0.2, 0.25) is 0 Å². The molecule has 0 aromatic heterocycles. The predicted octanol–water partition coefficient (Wildman–Crippen LogP) is 1.89. The lowest BCUT2D eigenvalue weighted by Crippen LogP contribution is -2.26. The summed E-state index contributed by atoms with van der Waals surface area (Å²) < 4.78 is 0. The van der Waals surface area contributed by atoms with Crippen LogP contribution in [0, 0.1) is 0 Å². The second kappa shape index (κ2) is 6.02. The molecule has 2 nitrogen and oxygen atoms in total. The smallest absolute Gasteiger partial charge is 0.0916 e. The average Bonchev–Trinajstić information content (AvgIpc) is 2.19. The van der Waals surface area contributed by atoms with Gasteiger partial charge in [-0.2, -0.15) is 0 Å². The fourth-order valence-electron chi connectivity index (χ4n) is 1.31. The van der Waals surface area contributed by atoms with Gasteiger partial charge < -0.3 is 10.0 Å². The Morgan fingerprint density at radius 2 is 2.00 bits per heavy atom. The summed E-state index contributed by atoms with van der Waals surface area (Å²) in [5, 5.41) is 9.83. The molecular weight excluding hydrogens is 198 g/mol. The van der Waals surface area contributed by atoms with E-state index in [0.29, 0.717) is 12.4 Å². The lowest BCUT2D eigenvalue weighted by Gasteiger charge is -2.19. The van der Waals surface area contributed by atoms with Crippen LogP contribution in [0.25, 0.3) is 0 Å². The molecule has 1 rings (SSSR count). The molecule has 0 amide bonds. The molecule has 0 unspecified atom stereocenters. The number of alkyl halides is 1. The van der Waals surface area contributed by atoms with E-state index in [0.717, 1.165) is 12.1 Å². The highest BCUT2D eigenvalue weighted by molar-refractivity contribution is 6.18. The van der Waals surface area contributed by atoms with Crippen LogP contribution in [0.2, 0.25) is 0 Å². The van der Waals surface area contributed by atoms with Gasteiger partial charge in [0.25, 0.3) is 0 Å². The molecule has 0 spiro atoms. The number of halogens is 1. The highest BCUT2D eigenvalue weighted by Crippen LogP contribution is 2.12. The highest BCUT2D eigenvalue weighted by atomic mass is 35.5. The average molecular weight is 214 g/mol. The van der Waals surface area contributed by atoms with Crippen molar-refractivity contribution >= 4 is 11.6 Å². The summed E-state index contributed by atoms with van der Waals surface area (Å²) >= 11 is 5.60. The Hall–Kier alpha value is -0.570. The van der Waals surface area contributed by atoms with E-state index in [1.165, 1.54) is 0 Å². The van der Waals surface area contributed by atoms with Crippen LogP contribution in [0.4, 0.5) is 0 Å². The molecule has 14 heavy (non-hydrogen) atoms. The van der Waals surface area contributed by atoms with Gasteiger partial charge in [-0.3, -0.25) is 0 Å². The van der Waals surface area contributed by atoms with Gasteiger partial charge in [-0.15, -0.1) is 11.6 Å². The van der Waals surface area contributed by atoms with Crippen LogP contribution < -0.4 is 0 Å². The van der Waals surface area contributed by atoms with E-state index >= 15 is 0 Å². The summed E-state index contributed by atoms with van der Waals surface area (Å²) in [7, 11) is 1.95. The molecule has 0 bridgehead atoms. The minimum absolute atomic E-state index is 0.426. The molecule has 0 saturated carbocycles. The summed E-state index contributed by atoms with van der Waals surface area (Å²) in [6.07, 6.45) is -0.426. The van der Waals surface area contributed by atoms with Gasteiger partial charge in [-0.25, -0.2) is 0 Å². The largest absolute Gasteiger partial charge is 0.387 e. The Balaban J connectivity index is 2.46. The van der Waals surface area contributed by atoms with Crippen molar-refractivity contribution < 1.29 is 5.11 Å². The Kier molecular flexibility index (Phi) is 4.94. The molecule has 0 saturated heterocycles. The number of hydrogen-bond donors (Lipinski definition) is 1. The maximum absolute atomic E-state index is 9.83. The first-order chi connectivity index (χ1) is 6.74. The minimum Gasteiger partial charge on any atom is -0.387 e. The lowest BCUT2D eigenvalue weighted by atomic mass is 10.1. The van der Waals surface area contributed by atoms with E-state index in [-0.39, 0.29) is 0 Å². The molecule has 1 aromatic rings. The second-order valence-electron chi connectivity index (χ2n) is 3.38. The van der Waals surface area contributed by atoms with E-state index in [9.17, 15) is 5.11 Å². The Morgan fingerprint density at radius 3 is 2.57 bits per heavy atom. The van der Waals surface area contributed by atoms with Crippen molar-refractivity contribution in [2.45, 2.75) is 6.10 Å². The van der Waals surface area contributed by atoms with Crippen molar-refractivity contribution in [2.24, 2.45) is 0 Å². The normalized spacial score (nSPS) is 13.1. The van der Waals surface area contributed by atoms with Crippen LogP contribution in [-0.4, -0.2) is 36.0 Å². The number of likely N-dealkylation sites (N-methyl/N-ethyl adjacent to an activating group) is 1. The van der Waals surface area contributed by atoms with Gasteiger partial charge in [-0.1, -0.05) is 30.3 Å². The summed E-state index contributed by atoms with van der Waals surface area (Å²) in [5.74, 6) is 0.595. The van der Waals surface area contributed by atoms with Gasteiger partial charge in [0.15, 0.2) is 0 Å². The van der Waals surface area contributed by atoms with Crippen LogP contribution in [0.5, 0.6) is 0 Å². The van der Waals surface area contributed by atoms with Crippen molar-refractivity contribution in [3.8, 4) is 0 Å². The monoisotopic (exact) mass is 213 g/mol. The van der Waals surface area contributed by atoms with Gasteiger partial charge in [0, 0.05) is 19.0 Å². The van der Waals surface area contributed by atoms with Crippen molar-refractivity contribution in [3.05, 3.63) is 35.9 Å². The first kappa shape index (κ1) is 11.5. The zero-order chi connectivity index (χ0) is 10.4. The van der Waals surface area contributed by atoms with Gasteiger partial charge in [-0.05, 0) is 12.6 Å². The summed E-state index contributed by atoms with van der Waals surface area (Å²) in [6, 6.07) is 9.66. The van der Waals surface area contributed by atoms with E-state index in [1.807, 2.05) is 42.3 Å². The third-order valence-electron chi connectivity index (χ3n) is 2.14. The van der Waals surface area contributed by atoms with Crippen LogP contribution in [0.1, 0.15) is 11.7 Å². The van der Waals surface area contributed by atoms with E-state index in [4.69, 9.17) is 11.6 Å². The van der Waals surface area contributed by atoms with E-state index in [2.05, 4.69) is 0 Å². The first-order valence-electron chi connectivity index (χ1n) is 4.71. The second-order valence-corrected chi connectivity index (χ2v) is 3.76. The van der Waals surface area contributed by atoms with Gasteiger partial charge in [0.05, 0.1) is 6.10 Å². The van der Waals surface area contributed by atoms with Gasteiger partial charge in [0.1, 0.15) is 0 Å². The summed E-state index contributed by atoms with van der Waals surface area (Å²) in [4.78, 5) is 2.02. The standard InChI is InChI=1S/C11H16ClNO/c1-13(8-7-12)9-11(14)10-5-3-2-4-6-10/h2-6,11,14H,7-9H2,1H3/t11-/m0/s1. The van der Waals surface area contributed by atoms with E-state index in [1.54, 1.807) is 0 Å². The first-order valence-corrected chi connectivity index (χ1v) is 5.25. The Labute approximate surface area is 90.1 Å². The van der Waals surface area contributed by atoms with E-state index < -0.39 is 6.10 Å². The van der Waals surface area contributed by atoms with Crippen molar-refractivity contribution in [3.63, 3.8) is 0 Å². The van der Waals surface area contributed by atoms with Crippen molar-refractivity contribution in [2.75, 3.05) is 26.0 Å². The minimum atomic E-state index is -0.426. The van der Waals surface area contributed by atoms with Crippen molar-refractivity contribution in [1.82, 2.24) is 4.90 Å². The number of benzene rings is 1. The molecule has 0 aliphatic carbocycles. The third kappa shape index (κ3) is 3.66. The molecule has 0 aliphatic heterocycles. The lowest BCUT2D eigenvalue weighted by molar-refractivity contribution is 0.130. The molecule has 1 N–H and O–H groups in total. The molecule has 3 heteroatoms. The molecule has 0 aliphatic rings. The fraction of sp³-hybridized carbons (Fsp3) is 0.455. The fourth-order valence-corrected chi connectivity index (χ4v) is 1.60. The number of hydrogen-bond acceptors (Lipinski definition) is 2. The molecule has 0 fully saturated rings. The maximum Gasteiger partial charge on any atom is 0.0916 e. The Bertz CT molecular complexity index is 253. The SMILES string of the molecule is CN(CCCl)C[C@H](O)c1ccccc1. The topological polar surface area (TPSA) is 23.5 Å². The number of rotatable bonds is 5. The zero-order valence-electron chi connectivity index (χ0n) is 8.36. The molecule has 1 aromatic carbocycles. The number of aliphatic hydroxyl groups is 1. The van der Waals surface area contributed by atoms with Gasteiger partial charge >= 0.3 is 0 Å². The summed E-state index contributed by atoms with van der Waals surface area (Å²) in [6.45, 7) is 1.42. The van der Waals surface area contributed by atoms with Crippen LogP contribution in [0.15, 0.2) is 30.3 Å². The molecule has 0 radical (unpaired) electrons. The molecule has 78 valence electrons. The molecule has 1 atom stereocenters. The zero-order valence-corrected chi connectivity index (χ0v) is 9.11. The van der Waals surface area contributed by atoms with Crippen LogP contribution in [0.3, 0.4) is 0 Å². The Morgan fingerprint density at radius 1 is 1.36 bits per heavy atom. The van der Waals surface area contributed by atoms with Crippen LogP contribution >= 0.6 is 11.6 Å². The molecular formula is C11H16ClNO. The number of aliphatic hydroxyl groups excluding tert-OH is 1. The predicted molar refractivity (Wildman–Crippen MR) is 59.6 cm³/mol. The third-order valence-corrected chi connectivity index (χ3v) is 2.30. The summed E-state index contributed by atoms with van der Waals surface area (Å²) in [5.41, 5.74) is 0.953. The maximum atomic E-state index is 9.83. The van der Waals surface area contributed by atoms with Crippen molar-refractivity contribution in [1.29, 1.82) is 0 Å². The number of nitrogens with zero attached hydrogens (tertiary/aromatic N) is 1. The van der Waals surface area contributed by atoms with Crippen LogP contribution in [-0.2, 0) is 0 Å². The molecule has 0 heterocycles. The quantitative estimate of drug-likeness (QED) is 0.756.